The van der Waals surface area contributed by atoms with Crippen LogP contribution in [0.15, 0.2) is 12.2 Å². The Morgan fingerprint density at radius 2 is 1.67 bits per heavy atom. The molecule has 1 nitrogen and oxygen atoms in total. The van der Waals surface area contributed by atoms with E-state index in [4.69, 9.17) is 0 Å². The normalized spacial score (nSPS) is 37.5. The highest BCUT2D eigenvalue weighted by Gasteiger charge is 2.36. The molecule has 0 radical (unpaired) electrons. The molecule has 2 aliphatic carbocycles. The summed E-state index contributed by atoms with van der Waals surface area (Å²) < 4.78 is 0. The van der Waals surface area contributed by atoms with Gasteiger partial charge in [0.2, 0.25) is 0 Å². The van der Waals surface area contributed by atoms with Gasteiger partial charge in [0.15, 0.2) is 0 Å². The van der Waals surface area contributed by atoms with Crippen LogP contribution >= 0.6 is 0 Å². The van der Waals surface area contributed by atoms with Gasteiger partial charge in [-0.25, -0.2) is 0 Å². The predicted octanol–water partition coefficient (Wildman–Crippen LogP) is 6.26. The highest BCUT2D eigenvalue weighted by atomic mass is 14.4. The largest absolute Gasteiger partial charge is 0.197 e. The van der Waals surface area contributed by atoms with Crippen LogP contribution in [0.3, 0.4) is 0 Å². The van der Waals surface area contributed by atoms with E-state index >= 15 is 0 Å². The van der Waals surface area contributed by atoms with Crippen molar-refractivity contribution in [2.75, 3.05) is 0 Å². The lowest BCUT2D eigenvalue weighted by Crippen LogP contribution is -2.30. The average molecular weight is 287 g/mol. The molecular formula is C20H33N. The van der Waals surface area contributed by atoms with Gasteiger partial charge in [-0.2, -0.15) is 5.26 Å². The second kappa shape index (κ2) is 8.02. The van der Waals surface area contributed by atoms with Gasteiger partial charge in [0, 0.05) is 0 Å². The summed E-state index contributed by atoms with van der Waals surface area (Å²) in [5.41, 5.74) is -0.135. The van der Waals surface area contributed by atoms with Crippen molar-refractivity contribution in [1.29, 1.82) is 5.26 Å². The Morgan fingerprint density at radius 3 is 2.19 bits per heavy atom. The monoisotopic (exact) mass is 287 g/mol. The van der Waals surface area contributed by atoms with Crippen LogP contribution in [-0.2, 0) is 0 Å². The number of nitriles is 1. The van der Waals surface area contributed by atoms with E-state index in [0.29, 0.717) is 0 Å². The van der Waals surface area contributed by atoms with Crippen molar-refractivity contribution >= 4 is 0 Å². The standard InChI is InChI=1S/C20H33N/c1-3-5-6-17-7-9-18(10-8-17)19-11-14-20(16-21,13-4-2)15-12-19/h4,13,17-19H,3,5-12,14-15H2,1-2H3/t17?,18?,19-,20+. The third kappa shape index (κ3) is 4.35. The lowest BCUT2D eigenvalue weighted by Gasteiger charge is -2.39. The SMILES string of the molecule is CC=C[C@]1(C#N)CC[C@@H](C2CCC(CCCC)CC2)CC1. The summed E-state index contributed by atoms with van der Waals surface area (Å²) in [4.78, 5) is 0. The maximum atomic E-state index is 9.49. The molecule has 2 aliphatic rings. The van der Waals surface area contributed by atoms with E-state index in [9.17, 15) is 5.26 Å². The van der Waals surface area contributed by atoms with Gasteiger partial charge in [0.05, 0.1) is 11.5 Å². The minimum absolute atomic E-state index is 0.135. The molecule has 2 saturated carbocycles. The molecule has 2 fully saturated rings. The van der Waals surface area contributed by atoms with Gasteiger partial charge in [-0.1, -0.05) is 51.2 Å². The summed E-state index contributed by atoms with van der Waals surface area (Å²) in [6.45, 7) is 4.35. The van der Waals surface area contributed by atoms with E-state index in [2.05, 4.69) is 25.1 Å². The van der Waals surface area contributed by atoms with Gasteiger partial charge in [0.1, 0.15) is 0 Å². The molecule has 118 valence electrons. The van der Waals surface area contributed by atoms with Crippen LogP contribution in [0.5, 0.6) is 0 Å². The van der Waals surface area contributed by atoms with Crippen LogP contribution in [0.1, 0.15) is 84.5 Å². The minimum Gasteiger partial charge on any atom is -0.197 e. The highest BCUT2D eigenvalue weighted by molar-refractivity contribution is 5.13. The van der Waals surface area contributed by atoms with Crippen molar-refractivity contribution in [3.63, 3.8) is 0 Å². The number of rotatable bonds is 5. The Labute approximate surface area is 131 Å². The van der Waals surface area contributed by atoms with Crippen molar-refractivity contribution in [3.8, 4) is 6.07 Å². The molecule has 0 aromatic rings. The summed E-state index contributed by atoms with van der Waals surface area (Å²) in [7, 11) is 0. The Balaban J connectivity index is 1.78. The van der Waals surface area contributed by atoms with E-state index < -0.39 is 0 Å². The first-order valence-corrected chi connectivity index (χ1v) is 9.28. The molecule has 0 aromatic heterocycles. The molecule has 2 rings (SSSR count). The first kappa shape index (κ1) is 16.6. The second-order valence-corrected chi connectivity index (χ2v) is 7.53. The molecule has 0 atom stereocenters. The number of allylic oxidation sites excluding steroid dienone is 2. The van der Waals surface area contributed by atoms with E-state index in [-0.39, 0.29) is 5.41 Å². The molecule has 0 amide bonds. The number of unbranched alkanes of at least 4 members (excludes halogenated alkanes) is 1. The molecule has 1 heteroatoms. The Morgan fingerprint density at radius 1 is 1.05 bits per heavy atom. The molecule has 21 heavy (non-hydrogen) atoms. The fourth-order valence-corrected chi connectivity index (χ4v) is 4.70. The Hall–Kier alpha value is -0.770. The van der Waals surface area contributed by atoms with E-state index in [0.717, 1.165) is 30.6 Å². The van der Waals surface area contributed by atoms with E-state index in [1.165, 1.54) is 57.8 Å². The van der Waals surface area contributed by atoms with Crippen molar-refractivity contribution in [2.24, 2.45) is 23.2 Å². The maximum absolute atomic E-state index is 9.49. The van der Waals surface area contributed by atoms with Gasteiger partial charge in [-0.05, 0) is 63.2 Å². The fourth-order valence-electron chi connectivity index (χ4n) is 4.70. The average Bonchev–Trinajstić information content (AvgIpc) is 2.54. The summed E-state index contributed by atoms with van der Waals surface area (Å²) in [6.07, 6.45) is 19.1. The number of hydrogen-bond donors (Lipinski definition) is 0. The second-order valence-electron chi connectivity index (χ2n) is 7.53. The third-order valence-corrected chi connectivity index (χ3v) is 6.15. The lowest BCUT2D eigenvalue weighted by molar-refractivity contribution is 0.137. The van der Waals surface area contributed by atoms with Crippen LogP contribution in [0, 0.1) is 34.5 Å². The smallest absolute Gasteiger partial charge is 0.0753 e. The predicted molar refractivity (Wildman–Crippen MR) is 89.8 cm³/mol. The summed E-state index contributed by atoms with van der Waals surface area (Å²) in [6, 6.07) is 2.59. The first-order chi connectivity index (χ1) is 10.2. The quantitative estimate of drug-likeness (QED) is 0.547. The van der Waals surface area contributed by atoms with Crippen molar-refractivity contribution < 1.29 is 0 Å². The number of hydrogen-bond acceptors (Lipinski definition) is 1. The molecule has 0 N–H and O–H groups in total. The molecule has 0 bridgehead atoms. The van der Waals surface area contributed by atoms with Gasteiger partial charge in [0.25, 0.3) is 0 Å². The zero-order valence-corrected chi connectivity index (χ0v) is 14.1. The van der Waals surface area contributed by atoms with Gasteiger partial charge in [-0.15, -0.1) is 0 Å². The minimum atomic E-state index is -0.135. The van der Waals surface area contributed by atoms with E-state index in [1.54, 1.807) is 0 Å². The van der Waals surface area contributed by atoms with Crippen molar-refractivity contribution in [2.45, 2.75) is 84.5 Å². The Bertz CT molecular complexity index is 360. The maximum Gasteiger partial charge on any atom is 0.0753 e. The molecule has 0 spiro atoms. The van der Waals surface area contributed by atoms with Crippen LogP contribution in [0.2, 0.25) is 0 Å². The summed E-state index contributed by atoms with van der Waals surface area (Å²) in [5, 5.41) is 9.49. The van der Waals surface area contributed by atoms with Crippen LogP contribution in [0.25, 0.3) is 0 Å². The lowest BCUT2D eigenvalue weighted by atomic mass is 9.64. The topological polar surface area (TPSA) is 23.8 Å². The van der Waals surface area contributed by atoms with E-state index in [1.807, 2.05) is 6.92 Å². The van der Waals surface area contributed by atoms with Crippen LogP contribution < -0.4 is 0 Å². The van der Waals surface area contributed by atoms with Gasteiger partial charge in [-0.3, -0.25) is 0 Å². The molecule has 0 saturated heterocycles. The highest BCUT2D eigenvalue weighted by Crippen LogP contribution is 2.46. The zero-order chi connectivity index (χ0) is 15.1. The molecular weight excluding hydrogens is 254 g/mol. The molecule has 0 aliphatic heterocycles. The van der Waals surface area contributed by atoms with Crippen molar-refractivity contribution in [1.82, 2.24) is 0 Å². The molecule has 0 unspecified atom stereocenters. The van der Waals surface area contributed by atoms with Crippen LogP contribution in [0.4, 0.5) is 0 Å². The first-order valence-electron chi connectivity index (χ1n) is 9.28. The zero-order valence-electron chi connectivity index (χ0n) is 14.1. The van der Waals surface area contributed by atoms with Gasteiger partial charge < -0.3 is 0 Å². The van der Waals surface area contributed by atoms with Gasteiger partial charge >= 0.3 is 0 Å². The molecule has 0 heterocycles. The number of nitrogens with zero attached hydrogens (tertiary/aromatic N) is 1. The fraction of sp³-hybridized carbons (Fsp3) is 0.850. The van der Waals surface area contributed by atoms with Crippen molar-refractivity contribution in [3.05, 3.63) is 12.2 Å². The third-order valence-electron chi connectivity index (χ3n) is 6.15. The molecule has 0 aromatic carbocycles. The summed E-state index contributed by atoms with van der Waals surface area (Å²) in [5.74, 6) is 2.89. The Kier molecular flexibility index (Phi) is 6.34. The summed E-state index contributed by atoms with van der Waals surface area (Å²) >= 11 is 0. The van der Waals surface area contributed by atoms with Crippen LogP contribution in [-0.4, -0.2) is 0 Å².